The first-order chi connectivity index (χ1) is 9.65. The Kier molecular flexibility index (Phi) is 7.86. The van der Waals surface area contributed by atoms with Gasteiger partial charge >= 0.3 is 0 Å². The van der Waals surface area contributed by atoms with Gasteiger partial charge in [0.1, 0.15) is 5.75 Å². The number of carbonyl (C=O) groups is 1. The molecule has 21 heavy (non-hydrogen) atoms. The summed E-state index contributed by atoms with van der Waals surface area (Å²) >= 11 is 5.79. The van der Waals surface area contributed by atoms with Gasteiger partial charge < -0.3 is 15.4 Å². The largest absolute Gasteiger partial charge is 0.484 e. The summed E-state index contributed by atoms with van der Waals surface area (Å²) in [5.74, 6) is 1.07. The van der Waals surface area contributed by atoms with Crippen LogP contribution < -0.4 is 15.4 Å². The highest BCUT2D eigenvalue weighted by molar-refractivity contribution is 6.30. The van der Waals surface area contributed by atoms with E-state index in [0.717, 1.165) is 19.5 Å². The highest BCUT2D eigenvalue weighted by Gasteiger charge is 2.21. The number of ether oxygens (including phenoxy) is 1. The molecular formula is C15H22Cl2N2O2. The lowest BCUT2D eigenvalue weighted by atomic mass is 9.93. The average molecular weight is 333 g/mol. The monoisotopic (exact) mass is 332 g/mol. The van der Waals surface area contributed by atoms with Crippen molar-refractivity contribution in [3.63, 3.8) is 0 Å². The minimum absolute atomic E-state index is 0. The summed E-state index contributed by atoms with van der Waals surface area (Å²) in [5.41, 5.74) is 0. The van der Waals surface area contributed by atoms with Crippen LogP contribution in [-0.4, -0.2) is 31.6 Å². The van der Waals surface area contributed by atoms with Gasteiger partial charge in [-0.3, -0.25) is 4.79 Å². The fourth-order valence-corrected chi connectivity index (χ4v) is 2.52. The van der Waals surface area contributed by atoms with E-state index in [1.807, 2.05) is 0 Å². The van der Waals surface area contributed by atoms with E-state index in [2.05, 4.69) is 17.6 Å². The molecule has 118 valence electrons. The second-order valence-electron chi connectivity index (χ2n) is 5.21. The first kappa shape index (κ1) is 18.1. The van der Waals surface area contributed by atoms with Crippen LogP contribution in [0.25, 0.3) is 0 Å². The second kappa shape index (κ2) is 9.13. The Hall–Kier alpha value is -0.970. The Morgan fingerprint density at radius 3 is 2.81 bits per heavy atom. The van der Waals surface area contributed by atoms with Crippen molar-refractivity contribution in [2.45, 2.75) is 25.8 Å². The van der Waals surface area contributed by atoms with Gasteiger partial charge in [0.2, 0.25) is 0 Å². The molecule has 4 nitrogen and oxygen atoms in total. The lowest BCUT2D eigenvalue weighted by Crippen LogP contribution is -2.45. The van der Waals surface area contributed by atoms with Gasteiger partial charge in [-0.25, -0.2) is 0 Å². The molecule has 1 amide bonds. The molecule has 1 aromatic carbocycles. The Bertz CT molecular complexity index is 434. The molecule has 2 unspecified atom stereocenters. The van der Waals surface area contributed by atoms with E-state index in [9.17, 15) is 4.79 Å². The van der Waals surface area contributed by atoms with Crippen molar-refractivity contribution in [1.29, 1.82) is 0 Å². The summed E-state index contributed by atoms with van der Waals surface area (Å²) in [5, 5.41) is 7.01. The number of halogens is 2. The van der Waals surface area contributed by atoms with Crippen LogP contribution in [0.2, 0.25) is 5.02 Å². The molecule has 2 atom stereocenters. The molecule has 1 fully saturated rings. The molecule has 1 saturated heterocycles. The zero-order valence-corrected chi connectivity index (χ0v) is 13.7. The van der Waals surface area contributed by atoms with Crippen molar-refractivity contribution >= 4 is 29.9 Å². The summed E-state index contributed by atoms with van der Waals surface area (Å²) in [6, 6.07) is 7.16. The standard InChI is InChI=1S/C15H21ClN2O2.ClH/c1-11(12-3-2-8-17-9-12)18-15(19)10-20-14-6-4-13(16)5-7-14;/h4-7,11-12,17H,2-3,8-10H2,1H3,(H,18,19);1H. The minimum Gasteiger partial charge on any atom is -0.484 e. The SMILES string of the molecule is CC(NC(=O)COc1ccc(Cl)cc1)C1CCCNC1.Cl. The van der Waals surface area contributed by atoms with Crippen molar-refractivity contribution in [2.24, 2.45) is 5.92 Å². The number of carbonyl (C=O) groups excluding carboxylic acids is 1. The van der Waals surface area contributed by atoms with Gasteiger partial charge in [-0.15, -0.1) is 12.4 Å². The van der Waals surface area contributed by atoms with Gasteiger partial charge in [0.15, 0.2) is 6.61 Å². The topological polar surface area (TPSA) is 50.4 Å². The van der Waals surface area contributed by atoms with Crippen molar-refractivity contribution in [3.05, 3.63) is 29.3 Å². The van der Waals surface area contributed by atoms with Crippen LogP contribution in [-0.2, 0) is 4.79 Å². The van der Waals surface area contributed by atoms with Gasteiger partial charge in [0.25, 0.3) is 5.91 Å². The predicted molar refractivity (Wildman–Crippen MR) is 87.4 cm³/mol. The third-order valence-corrected chi connectivity index (χ3v) is 3.87. The Labute approximate surface area is 137 Å². The fraction of sp³-hybridized carbons (Fsp3) is 0.533. The first-order valence-electron chi connectivity index (χ1n) is 7.03. The van der Waals surface area contributed by atoms with Crippen LogP contribution in [0, 0.1) is 5.92 Å². The number of nitrogens with one attached hydrogen (secondary N) is 2. The molecule has 0 bridgehead atoms. The molecule has 2 rings (SSSR count). The maximum atomic E-state index is 11.9. The summed E-state index contributed by atoms with van der Waals surface area (Å²) < 4.78 is 5.42. The molecule has 1 heterocycles. The highest BCUT2D eigenvalue weighted by Crippen LogP contribution is 2.16. The van der Waals surface area contributed by atoms with E-state index < -0.39 is 0 Å². The lowest BCUT2D eigenvalue weighted by Gasteiger charge is -2.28. The molecule has 0 spiro atoms. The number of hydrogen-bond acceptors (Lipinski definition) is 3. The van der Waals surface area contributed by atoms with Crippen molar-refractivity contribution in [2.75, 3.05) is 19.7 Å². The number of amides is 1. The summed E-state index contributed by atoms with van der Waals surface area (Å²) in [7, 11) is 0. The molecule has 1 aliphatic rings. The van der Waals surface area contributed by atoms with Crippen molar-refractivity contribution in [3.8, 4) is 5.75 Å². The number of hydrogen-bond donors (Lipinski definition) is 2. The van der Waals surface area contributed by atoms with Gasteiger partial charge in [-0.2, -0.15) is 0 Å². The Morgan fingerprint density at radius 1 is 1.48 bits per heavy atom. The van der Waals surface area contributed by atoms with Gasteiger partial charge in [-0.1, -0.05) is 11.6 Å². The van der Waals surface area contributed by atoms with Gasteiger partial charge in [0, 0.05) is 11.1 Å². The second-order valence-corrected chi connectivity index (χ2v) is 5.64. The van der Waals surface area contributed by atoms with Gasteiger partial charge in [0.05, 0.1) is 0 Å². The van der Waals surface area contributed by atoms with Crippen LogP contribution in [0.15, 0.2) is 24.3 Å². The minimum atomic E-state index is -0.0852. The molecule has 0 radical (unpaired) electrons. The molecule has 6 heteroatoms. The molecule has 1 aliphatic heterocycles. The molecule has 0 aromatic heterocycles. The van der Waals surface area contributed by atoms with Crippen molar-refractivity contribution < 1.29 is 9.53 Å². The predicted octanol–water partition coefficient (Wildman–Crippen LogP) is 2.64. The third kappa shape index (κ3) is 6.12. The lowest BCUT2D eigenvalue weighted by molar-refractivity contribution is -0.124. The quantitative estimate of drug-likeness (QED) is 0.871. The maximum absolute atomic E-state index is 11.9. The third-order valence-electron chi connectivity index (χ3n) is 3.61. The maximum Gasteiger partial charge on any atom is 0.258 e. The molecule has 2 N–H and O–H groups in total. The average Bonchev–Trinajstić information content (AvgIpc) is 2.47. The highest BCUT2D eigenvalue weighted by atomic mass is 35.5. The van der Waals surface area contributed by atoms with Crippen LogP contribution >= 0.6 is 24.0 Å². The van der Waals surface area contributed by atoms with Crippen molar-refractivity contribution in [1.82, 2.24) is 10.6 Å². The van der Waals surface area contributed by atoms with Crippen LogP contribution in [0.3, 0.4) is 0 Å². The zero-order valence-electron chi connectivity index (χ0n) is 12.1. The van der Waals surface area contributed by atoms with E-state index in [0.29, 0.717) is 16.7 Å². The molecule has 1 aromatic rings. The van der Waals surface area contributed by atoms with Gasteiger partial charge in [-0.05, 0) is 63.0 Å². The van der Waals surface area contributed by atoms with E-state index in [1.165, 1.54) is 6.42 Å². The fourth-order valence-electron chi connectivity index (χ4n) is 2.40. The van der Waals surface area contributed by atoms with Crippen LogP contribution in [0.1, 0.15) is 19.8 Å². The smallest absolute Gasteiger partial charge is 0.258 e. The molecule has 0 aliphatic carbocycles. The van der Waals surface area contributed by atoms with E-state index in [1.54, 1.807) is 24.3 Å². The zero-order chi connectivity index (χ0) is 14.4. The molecular weight excluding hydrogens is 311 g/mol. The van der Waals surface area contributed by atoms with E-state index >= 15 is 0 Å². The summed E-state index contributed by atoms with van der Waals surface area (Å²) in [4.78, 5) is 11.9. The van der Waals surface area contributed by atoms with E-state index in [-0.39, 0.29) is 31.0 Å². The normalized spacial score (nSPS) is 19.2. The first-order valence-corrected chi connectivity index (χ1v) is 7.41. The molecule has 0 saturated carbocycles. The number of rotatable bonds is 5. The Morgan fingerprint density at radius 2 is 2.19 bits per heavy atom. The number of benzene rings is 1. The van der Waals surface area contributed by atoms with Crippen LogP contribution in [0.4, 0.5) is 0 Å². The summed E-state index contributed by atoms with van der Waals surface area (Å²) in [6.45, 7) is 4.14. The van der Waals surface area contributed by atoms with Crippen LogP contribution in [0.5, 0.6) is 5.75 Å². The van der Waals surface area contributed by atoms with E-state index in [4.69, 9.17) is 16.3 Å². The Balaban J connectivity index is 0.00000220. The summed E-state index contributed by atoms with van der Waals surface area (Å²) in [6.07, 6.45) is 2.33. The number of piperidine rings is 1.